The summed E-state index contributed by atoms with van der Waals surface area (Å²) in [5.74, 6) is -4.89. The van der Waals surface area contributed by atoms with Gasteiger partial charge >= 0.3 is 6.03 Å². The Balaban J connectivity index is 0.838. The van der Waals surface area contributed by atoms with Gasteiger partial charge in [-0.3, -0.25) is 34.0 Å². The summed E-state index contributed by atoms with van der Waals surface area (Å²) in [4.78, 5) is 47.1. The molecule has 1 unspecified atom stereocenters. The van der Waals surface area contributed by atoms with Crippen LogP contribution in [0.5, 0.6) is 11.5 Å². The predicted molar refractivity (Wildman–Crippen MR) is 230 cm³/mol. The van der Waals surface area contributed by atoms with Crippen molar-refractivity contribution in [3.63, 3.8) is 0 Å². The van der Waals surface area contributed by atoms with E-state index in [-0.39, 0.29) is 76.9 Å². The minimum atomic E-state index is -3.14. The number of rotatable bonds is 10. The quantitative estimate of drug-likeness (QED) is 0.110. The number of fused-ring (bicyclic) bond motifs is 2. The van der Waals surface area contributed by atoms with Gasteiger partial charge in [-0.2, -0.15) is 10.4 Å². The van der Waals surface area contributed by atoms with E-state index in [9.17, 15) is 19.6 Å². The van der Waals surface area contributed by atoms with E-state index in [1.54, 1.807) is 23.7 Å². The molecule has 9 rings (SSSR count). The topological polar surface area (TPSA) is 157 Å². The van der Waals surface area contributed by atoms with Crippen molar-refractivity contribution in [3.05, 3.63) is 76.3 Å². The van der Waals surface area contributed by atoms with Crippen molar-refractivity contribution in [2.75, 3.05) is 60.8 Å². The summed E-state index contributed by atoms with van der Waals surface area (Å²) in [5.41, 5.74) is 0.906. The van der Waals surface area contributed by atoms with Gasteiger partial charge < -0.3 is 14.4 Å². The van der Waals surface area contributed by atoms with E-state index < -0.39 is 42.1 Å². The molecule has 0 radical (unpaired) electrons. The van der Waals surface area contributed by atoms with Crippen LogP contribution in [0.2, 0.25) is 0 Å². The average Bonchev–Trinajstić information content (AvgIpc) is 3.56. The van der Waals surface area contributed by atoms with Crippen LogP contribution < -0.4 is 30.1 Å². The lowest BCUT2D eigenvalue weighted by Gasteiger charge is -2.54. The van der Waals surface area contributed by atoms with Crippen molar-refractivity contribution in [3.8, 4) is 17.6 Å². The van der Waals surface area contributed by atoms with E-state index in [1.807, 2.05) is 29.2 Å². The highest BCUT2D eigenvalue weighted by molar-refractivity contribution is 7.98. The molecular formula is C43H45F4N11O4S. The summed E-state index contributed by atoms with van der Waals surface area (Å²) >= 11 is 1.25. The van der Waals surface area contributed by atoms with Crippen LogP contribution in [0.4, 0.5) is 39.5 Å². The largest absolute Gasteiger partial charge is 0.453 e. The number of likely N-dealkylation sites (tertiary alicyclic amines) is 1. The first-order valence-corrected chi connectivity index (χ1v) is 21.6. The third-order valence-corrected chi connectivity index (χ3v) is 14.0. The predicted octanol–water partition coefficient (Wildman–Crippen LogP) is 6.93. The lowest BCUT2D eigenvalue weighted by molar-refractivity contribution is -0.120. The number of aryl methyl sites for hydroxylation is 1. The van der Waals surface area contributed by atoms with Crippen LogP contribution in [-0.2, 0) is 11.8 Å². The minimum Gasteiger partial charge on any atom is -0.453 e. The lowest BCUT2D eigenvalue weighted by atomic mass is 9.60. The number of carbonyl (C=O) groups is 2. The number of anilines is 3. The number of halogens is 4. The molecule has 4 aliphatic rings. The van der Waals surface area contributed by atoms with Crippen LogP contribution in [0.1, 0.15) is 57.1 Å². The van der Waals surface area contributed by atoms with E-state index in [2.05, 4.69) is 20.1 Å². The van der Waals surface area contributed by atoms with Gasteiger partial charge in [-0.1, -0.05) is 6.92 Å². The highest BCUT2D eigenvalue weighted by Gasteiger charge is 2.52. The molecule has 0 bridgehead atoms. The molecular weight excluding hydrogens is 843 g/mol. The number of nitrogens with zero attached hydrogens (tertiary/aromatic N) is 9. The molecule has 20 heteroatoms. The number of imide groups is 1. The number of nitrogens with one attached hydrogen (secondary N) is 2. The van der Waals surface area contributed by atoms with Crippen LogP contribution in [0.3, 0.4) is 0 Å². The Bertz CT molecular complexity index is 2740. The number of carbonyl (C=O) groups excluding carboxylic acids is 2. The number of nitriles is 1. The van der Waals surface area contributed by atoms with E-state index in [1.165, 1.54) is 63.3 Å². The molecule has 63 heavy (non-hydrogen) atoms. The van der Waals surface area contributed by atoms with E-state index >= 15 is 17.6 Å². The summed E-state index contributed by atoms with van der Waals surface area (Å²) in [5, 5.41) is 17.2. The fraction of sp³-hybridized carbons (Fsp3) is 0.442. The second kappa shape index (κ2) is 16.3. The molecule has 330 valence electrons. The van der Waals surface area contributed by atoms with Gasteiger partial charge in [-0.25, -0.2) is 31.6 Å². The standard InChI is InChI=1S/C43H45F4N11O4S/c1-4-53(2)63-52-33-8-6-30(44)38(29(33)22-48)62-26-5-7-32-27(17-26)40(60)58(24-49-32)25-20-42(21-25)11-15-55(16-12-42)36-9-13-56(23-43(36,46)47)35-19-34-28(18-31(35)45)39(51-54(34)3)57-14-10-37(59)50-41(57)61/h5-8,17-19,24-25,36,52H,4,9-16,20-21,23H2,1-3H3,(H,50,59,61). The molecule has 15 nitrogen and oxygen atoms in total. The van der Waals surface area contributed by atoms with Gasteiger partial charge in [0.2, 0.25) is 5.91 Å². The number of hydrogen-bond donors (Lipinski definition) is 2. The van der Waals surface area contributed by atoms with Gasteiger partial charge in [-0.05, 0) is 100 Å². The van der Waals surface area contributed by atoms with Gasteiger partial charge in [-0.15, -0.1) is 0 Å². The molecule has 2 N–H and O–H groups in total. The van der Waals surface area contributed by atoms with E-state index in [4.69, 9.17) is 4.74 Å². The maximum Gasteiger partial charge on any atom is 0.329 e. The van der Waals surface area contributed by atoms with Crippen molar-refractivity contribution in [1.29, 1.82) is 5.26 Å². The molecule has 2 aromatic heterocycles. The van der Waals surface area contributed by atoms with Crippen LogP contribution >= 0.6 is 12.1 Å². The summed E-state index contributed by atoms with van der Waals surface area (Å²) in [6.45, 7) is 3.28. The van der Waals surface area contributed by atoms with Crippen molar-refractivity contribution in [2.45, 2.75) is 63.5 Å². The van der Waals surface area contributed by atoms with Crippen molar-refractivity contribution in [1.82, 2.24) is 33.9 Å². The number of benzene rings is 3. The second-order valence-corrected chi connectivity index (χ2v) is 17.9. The number of urea groups is 1. The maximum absolute atomic E-state index is 16.1. The Hall–Kier alpha value is -5.91. The average molecular weight is 888 g/mol. The van der Waals surface area contributed by atoms with Crippen LogP contribution in [0, 0.1) is 28.4 Å². The zero-order chi connectivity index (χ0) is 44.4. The SMILES string of the molecule is CCN(C)SNc1ccc(F)c(Oc2ccc3ncn(C4CC5(CCN(C6CCN(c7cc8c(cc7F)c(N7CCC(=O)NC7=O)nn8C)CC6(F)F)CC5)C4)c(=O)c3c2)c1C#N. The molecule has 3 amide bonds. The Morgan fingerprint density at radius 2 is 1.81 bits per heavy atom. The third kappa shape index (κ3) is 7.80. The summed E-state index contributed by atoms with van der Waals surface area (Å²) < 4.78 is 76.9. The lowest BCUT2D eigenvalue weighted by Crippen LogP contribution is -2.61. The molecule has 1 aliphatic carbocycles. The van der Waals surface area contributed by atoms with Crippen molar-refractivity contribution in [2.24, 2.45) is 12.5 Å². The monoisotopic (exact) mass is 887 g/mol. The molecule has 3 aromatic carbocycles. The Morgan fingerprint density at radius 1 is 1.03 bits per heavy atom. The number of piperidine rings is 2. The number of hydrogen-bond acceptors (Lipinski definition) is 12. The molecule has 4 fully saturated rings. The smallest absolute Gasteiger partial charge is 0.329 e. The van der Waals surface area contributed by atoms with E-state index in [0.717, 1.165) is 6.54 Å². The van der Waals surface area contributed by atoms with Gasteiger partial charge in [0.05, 0.1) is 46.7 Å². The second-order valence-electron chi connectivity index (χ2n) is 16.9. The molecule has 3 aliphatic heterocycles. The molecule has 1 spiro atoms. The Morgan fingerprint density at radius 3 is 2.52 bits per heavy atom. The van der Waals surface area contributed by atoms with Gasteiger partial charge in [0.1, 0.15) is 23.2 Å². The number of aromatic nitrogens is 4. The fourth-order valence-electron chi connectivity index (χ4n) is 9.49. The zero-order valence-corrected chi connectivity index (χ0v) is 35.7. The summed E-state index contributed by atoms with van der Waals surface area (Å²) in [7, 11) is 3.49. The van der Waals surface area contributed by atoms with Gasteiger partial charge in [0.25, 0.3) is 11.5 Å². The van der Waals surface area contributed by atoms with Gasteiger partial charge in [0.15, 0.2) is 17.4 Å². The summed E-state index contributed by atoms with van der Waals surface area (Å²) in [6, 6.07) is 10.3. The Kier molecular flexibility index (Phi) is 11.0. The van der Waals surface area contributed by atoms with Gasteiger partial charge in [0, 0.05) is 56.7 Å². The first-order chi connectivity index (χ1) is 30.2. The zero-order valence-electron chi connectivity index (χ0n) is 34.8. The minimum absolute atomic E-state index is 0.0200. The fourth-order valence-corrected chi connectivity index (χ4v) is 10.0. The number of alkyl halides is 2. The van der Waals surface area contributed by atoms with E-state index in [0.29, 0.717) is 60.9 Å². The van der Waals surface area contributed by atoms with Crippen LogP contribution in [0.25, 0.3) is 21.8 Å². The normalized spacial score (nSPS) is 20.3. The number of amides is 3. The highest BCUT2D eigenvalue weighted by atomic mass is 32.2. The Labute approximate surface area is 363 Å². The number of ether oxygens (including phenoxy) is 1. The maximum atomic E-state index is 16.1. The first-order valence-electron chi connectivity index (χ1n) is 20.9. The van der Waals surface area contributed by atoms with Crippen LogP contribution in [0.15, 0.2) is 53.6 Å². The molecule has 5 heterocycles. The molecule has 1 atom stereocenters. The van der Waals surface area contributed by atoms with Crippen LogP contribution in [-0.4, -0.2) is 98.8 Å². The summed E-state index contributed by atoms with van der Waals surface area (Å²) in [6.07, 6.45) is 4.50. The molecule has 3 saturated heterocycles. The third-order valence-electron chi connectivity index (χ3n) is 13.1. The molecule has 5 aromatic rings. The van der Waals surface area contributed by atoms with Crippen molar-refractivity contribution >= 4 is 63.1 Å². The first kappa shape index (κ1) is 42.4. The molecule has 1 saturated carbocycles. The van der Waals surface area contributed by atoms with Crippen molar-refractivity contribution < 1.29 is 31.9 Å². The highest BCUT2D eigenvalue weighted by Crippen LogP contribution is 2.55.